The van der Waals surface area contributed by atoms with E-state index in [9.17, 15) is 0 Å². The van der Waals surface area contributed by atoms with Gasteiger partial charge in [-0.1, -0.05) is 27.2 Å². The summed E-state index contributed by atoms with van der Waals surface area (Å²) in [6.07, 6.45) is 7.28. The van der Waals surface area contributed by atoms with Crippen molar-refractivity contribution in [3.05, 3.63) is 17.0 Å². The lowest BCUT2D eigenvalue weighted by Gasteiger charge is -2.35. The Morgan fingerprint density at radius 1 is 1.14 bits per heavy atom. The fourth-order valence-electron chi connectivity index (χ4n) is 4.21. The van der Waals surface area contributed by atoms with Crippen molar-refractivity contribution in [3.63, 3.8) is 0 Å². The first-order chi connectivity index (χ1) is 13.1. The molecular formula is C21H41IN6. The van der Waals surface area contributed by atoms with Gasteiger partial charge in [-0.15, -0.1) is 24.0 Å². The number of aromatic nitrogens is 2. The number of nitrogens with zero attached hydrogens (tertiary/aromatic N) is 4. The van der Waals surface area contributed by atoms with Crippen LogP contribution in [0.15, 0.2) is 4.99 Å². The Bertz CT molecular complexity index is 598. The fraction of sp³-hybridized carbons (Fsp3) is 0.810. The van der Waals surface area contributed by atoms with Gasteiger partial charge in [-0.3, -0.25) is 9.58 Å². The molecule has 0 aromatic carbocycles. The van der Waals surface area contributed by atoms with E-state index in [2.05, 4.69) is 48.3 Å². The zero-order chi connectivity index (χ0) is 19.6. The molecule has 2 rings (SSSR count). The monoisotopic (exact) mass is 504 g/mol. The van der Waals surface area contributed by atoms with Crippen molar-refractivity contribution in [2.45, 2.75) is 78.8 Å². The van der Waals surface area contributed by atoms with Gasteiger partial charge < -0.3 is 10.6 Å². The maximum Gasteiger partial charge on any atom is 0.191 e. The minimum absolute atomic E-state index is 0. The zero-order valence-electron chi connectivity index (χ0n) is 18.6. The highest BCUT2D eigenvalue weighted by Crippen LogP contribution is 2.19. The molecule has 1 aromatic rings. The zero-order valence-corrected chi connectivity index (χ0v) is 20.9. The van der Waals surface area contributed by atoms with E-state index in [1.807, 2.05) is 11.7 Å². The molecule has 7 heteroatoms. The molecule has 1 atom stereocenters. The van der Waals surface area contributed by atoms with E-state index >= 15 is 0 Å². The number of halogens is 1. The third-order valence-corrected chi connectivity index (χ3v) is 5.68. The van der Waals surface area contributed by atoms with Gasteiger partial charge in [-0.2, -0.15) is 5.10 Å². The number of aliphatic imine (C=N–C) groups is 1. The number of guanidine groups is 1. The van der Waals surface area contributed by atoms with Gasteiger partial charge in [0.1, 0.15) is 0 Å². The predicted molar refractivity (Wildman–Crippen MR) is 130 cm³/mol. The second-order valence-corrected chi connectivity index (χ2v) is 7.42. The maximum absolute atomic E-state index is 4.86. The van der Waals surface area contributed by atoms with Crippen molar-refractivity contribution >= 4 is 29.9 Å². The van der Waals surface area contributed by atoms with Crippen LogP contribution >= 0.6 is 24.0 Å². The summed E-state index contributed by atoms with van der Waals surface area (Å²) in [6.45, 7) is 13.6. The summed E-state index contributed by atoms with van der Waals surface area (Å²) in [5.41, 5.74) is 3.76. The molecule has 0 amide bonds. The smallest absolute Gasteiger partial charge is 0.191 e. The van der Waals surface area contributed by atoms with E-state index in [0.29, 0.717) is 6.54 Å². The van der Waals surface area contributed by atoms with Gasteiger partial charge in [0, 0.05) is 44.0 Å². The van der Waals surface area contributed by atoms with Crippen LogP contribution in [0.2, 0.25) is 0 Å². The minimum Gasteiger partial charge on any atom is -0.357 e. The summed E-state index contributed by atoms with van der Waals surface area (Å²) < 4.78 is 2.02. The summed E-state index contributed by atoms with van der Waals surface area (Å²) in [5, 5.41) is 11.6. The second kappa shape index (κ2) is 13.4. The Kier molecular flexibility index (Phi) is 12.1. The fourth-order valence-corrected chi connectivity index (χ4v) is 4.21. The van der Waals surface area contributed by atoms with Crippen molar-refractivity contribution in [1.82, 2.24) is 25.3 Å². The number of hydrogen-bond acceptors (Lipinski definition) is 3. The molecule has 0 saturated carbocycles. The van der Waals surface area contributed by atoms with Gasteiger partial charge in [0.05, 0.1) is 12.2 Å². The van der Waals surface area contributed by atoms with Crippen LogP contribution < -0.4 is 10.6 Å². The van der Waals surface area contributed by atoms with Crippen LogP contribution in [0.1, 0.15) is 70.3 Å². The van der Waals surface area contributed by atoms with Gasteiger partial charge in [-0.05, 0) is 45.6 Å². The van der Waals surface area contributed by atoms with Crippen molar-refractivity contribution < 1.29 is 0 Å². The first-order valence-electron chi connectivity index (χ1n) is 10.9. The predicted octanol–water partition coefficient (Wildman–Crippen LogP) is 3.48. The molecule has 2 N–H and O–H groups in total. The van der Waals surface area contributed by atoms with Crippen molar-refractivity contribution in [2.75, 3.05) is 26.2 Å². The van der Waals surface area contributed by atoms with Crippen LogP contribution in [0.25, 0.3) is 0 Å². The Hall–Kier alpha value is -0.830. The molecular weight excluding hydrogens is 463 g/mol. The van der Waals surface area contributed by atoms with E-state index in [1.54, 1.807) is 0 Å². The normalized spacial score (nSPS) is 18.0. The number of likely N-dealkylation sites (tertiary alicyclic amines) is 1. The molecule has 1 aromatic heterocycles. The Morgan fingerprint density at radius 2 is 1.93 bits per heavy atom. The number of rotatable bonds is 9. The number of hydrogen-bond donors (Lipinski definition) is 2. The summed E-state index contributed by atoms with van der Waals surface area (Å²) in [5.74, 6) is 0.913. The average Bonchev–Trinajstić information content (AvgIpc) is 3.00. The molecule has 2 heterocycles. The van der Waals surface area contributed by atoms with Crippen LogP contribution in [0.4, 0.5) is 0 Å². The van der Waals surface area contributed by atoms with Gasteiger partial charge in [0.15, 0.2) is 5.96 Å². The first-order valence-corrected chi connectivity index (χ1v) is 10.9. The van der Waals surface area contributed by atoms with Gasteiger partial charge in [0.2, 0.25) is 0 Å². The number of piperidine rings is 1. The summed E-state index contributed by atoms with van der Waals surface area (Å²) in [4.78, 5) is 7.50. The standard InChI is InChI=1S/C21H40N6.HI/c1-6-17-12-10-11-14-27(17)15-13-23-21(22-9-4)24-16-18-19(7-2)25-26(5)20(18)8-3;/h17H,6-16H2,1-5H3,(H2,22,23,24);1H. The van der Waals surface area contributed by atoms with Crippen LogP contribution in [0, 0.1) is 0 Å². The third-order valence-electron chi connectivity index (χ3n) is 5.68. The second-order valence-electron chi connectivity index (χ2n) is 7.42. The van der Waals surface area contributed by atoms with Crippen molar-refractivity contribution in [2.24, 2.45) is 12.0 Å². The lowest BCUT2D eigenvalue weighted by molar-refractivity contribution is 0.147. The lowest BCUT2D eigenvalue weighted by atomic mass is 10.0. The van der Waals surface area contributed by atoms with Crippen LogP contribution in [0.5, 0.6) is 0 Å². The molecule has 28 heavy (non-hydrogen) atoms. The topological polar surface area (TPSA) is 57.5 Å². The summed E-state index contributed by atoms with van der Waals surface area (Å²) in [7, 11) is 2.04. The molecule has 1 aliphatic rings. The van der Waals surface area contributed by atoms with E-state index in [-0.39, 0.29) is 24.0 Å². The number of nitrogens with one attached hydrogen (secondary N) is 2. The first kappa shape index (κ1) is 25.2. The molecule has 0 spiro atoms. The summed E-state index contributed by atoms with van der Waals surface area (Å²) in [6, 6.07) is 0.759. The summed E-state index contributed by atoms with van der Waals surface area (Å²) >= 11 is 0. The lowest BCUT2D eigenvalue weighted by Crippen LogP contribution is -2.45. The average molecular weight is 505 g/mol. The highest BCUT2D eigenvalue weighted by Gasteiger charge is 2.20. The largest absolute Gasteiger partial charge is 0.357 e. The Balaban J connectivity index is 0.00000392. The number of aryl methyl sites for hydroxylation is 2. The Labute approximate surface area is 189 Å². The highest BCUT2D eigenvalue weighted by molar-refractivity contribution is 14.0. The van der Waals surface area contributed by atoms with Gasteiger partial charge in [-0.25, -0.2) is 4.99 Å². The molecule has 1 fully saturated rings. The third kappa shape index (κ3) is 6.90. The molecule has 0 aliphatic carbocycles. The van der Waals surface area contributed by atoms with Crippen LogP contribution in [-0.4, -0.2) is 52.9 Å². The quantitative estimate of drug-likeness (QED) is 0.307. The minimum atomic E-state index is 0. The molecule has 0 bridgehead atoms. The molecule has 1 aliphatic heterocycles. The van der Waals surface area contributed by atoms with E-state index in [0.717, 1.165) is 44.5 Å². The van der Waals surface area contributed by atoms with Crippen LogP contribution in [-0.2, 0) is 26.4 Å². The van der Waals surface area contributed by atoms with Gasteiger partial charge in [0.25, 0.3) is 0 Å². The highest BCUT2D eigenvalue weighted by atomic mass is 127. The van der Waals surface area contributed by atoms with E-state index in [1.165, 1.54) is 49.2 Å². The van der Waals surface area contributed by atoms with Gasteiger partial charge >= 0.3 is 0 Å². The SMILES string of the molecule is CCNC(=NCc1c(CC)nn(C)c1CC)NCCN1CCCCC1CC.I. The van der Waals surface area contributed by atoms with E-state index in [4.69, 9.17) is 4.99 Å². The van der Waals surface area contributed by atoms with Crippen LogP contribution in [0.3, 0.4) is 0 Å². The molecule has 162 valence electrons. The molecule has 0 radical (unpaired) electrons. The van der Waals surface area contributed by atoms with Crippen molar-refractivity contribution in [1.29, 1.82) is 0 Å². The van der Waals surface area contributed by atoms with E-state index < -0.39 is 0 Å². The Morgan fingerprint density at radius 3 is 2.57 bits per heavy atom. The van der Waals surface area contributed by atoms with Crippen molar-refractivity contribution in [3.8, 4) is 0 Å². The molecule has 1 saturated heterocycles. The maximum atomic E-state index is 4.86. The molecule has 1 unspecified atom stereocenters. The molecule has 6 nitrogen and oxygen atoms in total.